The van der Waals surface area contributed by atoms with Gasteiger partial charge < -0.3 is 9.80 Å². The van der Waals surface area contributed by atoms with Gasteiger partial charge in [-0.15, -0.1) is 0 Å². The smallest absolute Gasteiger partial charge is 0.00984 e. The monoisotopic (exact) mass is 418 g/mol. The lowest BCUT2D eigenvalue weighted by Gasteiger charge is -2.38. The van der Waals surface area contributed by atoms with Gasteiger partial charge in [0.1, 0.15) is 0 Å². The van der Waals surface area contributed by atoms with Crippen LogP contribution in [0.3, 0.4) is 0 Å². The van der Waals surface area contributed by atoms with E-state index in [4.69, 9.17) is 0 Å². The molecule has 2 nitrogen and oxygen atoms in total. The Kier molecular flexibility index (Phi) is 9.03. The van der Waals surface area contributed by atoms with Crippen molar-refractivity contribution in [2.75, 3.05) is 26.2 Å². The first-order valence-electron chi connectivity index (χ1n) is 12.9. The maximum Gasteiger partial charge on any atom is 0.00984 e. The van der Waals surface area contributed by atoms with Gasteiger partial charge in [-0.05, 0) is 95.1 Å². The van der Waals surface area contributed by atoms with E-state index in [0.717, 1.165) is 12.1 Å². The molecular formula is C29H42N2. The molecule has 2 aliphatic rings. The van der Waals surface area contributed by atoms with Gasteiger partial charge in [0.15, 0.2) is 0 Å². The molecular weight excluding hydrogens is 376 g/mol. The van der Waals surface area contributed by atoms with E-state index in [0.29, 0.717) is 0 Å². The van der Waals surface area contributed by atoms with Crippen molar-refractivity contribution in [2.24, 2.45) is 0 Å². The first kappa shape index (κ1) is 22.6. The van der Waals surface area contributed by atoms with Crippen molar-refractivity contribution in [1.82, 2.24) is 9.80 Å². The zero-order chi connectivity index (χ0) is 21.1. The molecule has 2 fully saturated rings. The Bertz CT molecular complexity index is 665. The predicted octanol–water partition coefficient (Wildman–Crippen LogP) is 6.35. The van der Waals surface area contributed by atoms with E-state index in [1.807, 2.05) is 0 Å². The quantitative estimate of drug-likeness (QED) is 0.443. The second kappa shape index (κ2) is 12.4. The van der Waals surface area contributed by atoms with Crippen molar-refractivity contribution in [1.29, 1.82) is 0 Å². The Morgan fingerprint density at radius 3 is 1.48 bits per heavy atom. The third-order valence-electron chi connectivity index (χ3n) is 7.61. The summed E-state index contributed by atoms with van der Waals surface area (Å²) in [6.45, 7) is 5.22. The molecule has 2 aliphatic heterocycles. The minimum absolute atomic E-state index is 0.796. The highest BCUT2D eigenvalue weighted by Crippen LogP contribution is 2.24. The summed E-state index contributed by atoms with van der Waals surface area (Å²) in [6.07, 6.45) is 14.9. The van der Waals surface area contributed by atoms with E-state index in [-0.39, 0.29) is 0 Å². The van der Waals surface area contributed by atoms with Gasteiger partial charge in [0.2, 0.25) is 0 Å². The van der Waals surface area contributed by atoms with E-state index < -0.39 is 0 Å². The van der Waals surface area contributed by atoms with Gasteiger partial charge in [-0.3, -0.25) is 0 Å². The number of aryl methyl sites for hydroxylation is 2. The molecule has 0 bridgehead atoms. The average molecular weight is 419 g/mol. The van der Waals surface area contributed by atoms with E-state index in [2.05, 4.69) is 70.5 Å². The Labute approximate surface area is 190 Å². The molecule has 2 aromatic rings. The summed E-state index contributed by atoms with van der Waals surface area (Å²) < 4.78 is 0. The van der Waals surface area contributed by atoms with Gasteiger partial charge in [0.25, 0.3) is 0 Å². The molecule has 168 valence electrons. The van der Waals surface area contributed by atoms with Gasteiger partial charge >= 0.3 is 0 Å². The molecule has 2 atom stereocenters. The van der Waals surface area contributed by atoms with Crippen LogP contribution in [0.5, 0.6) is 0 Å². The summed E-state index contributed by atoms with van der Waals surface area (Å²) in [5.41, 5.74) is 3.00. The Morgan fingerprint density at radius 1 is 0.581 bits per heavy atom. The number of rotatable bonds is 10. The number of likely N-dealkylation sites (tertiary alicyclic amines) is 2. The van der Waals surface area contributed by atoms with E-state index in [1.165, 1.54) is 108 Å². The lowest BCUT2D eigenvalue weighted by Crippen LogP contribution is -2.44. The molecule has 31 heavy (non-hydrogen) atoms. The SMILES string of the molecule is c1ccc(CCC2CCCCN2CCCN2CCCCC2CCc2ccccc2)cc1. The third kappa shape index (κ3) is 7.19. The summed E-state index contributed by atoms with van der Waals surface area (Å²) in [4.78, 5) is 5.66. The molecule has 0 radical (unpaired) electrons. The van der Waals surface area contributed by atoms with Crippen LogP contribution in [0.2, 0.25) is 0 Å². The van der Waals surface area contributed by atoms with Gasteiger partial charge in [0, 0.05) is 12.1 Å². The summed E-state index contributed by atoms with van der Waals surface area (Å²) in [7, 11) is 0. The molecule has 0 saturated carbocycles. The average Bonchev–Trinajstić information content (AvgIpc) is 2.84. The molecule has 2 heterocycles. The summed E-state index contributed by atoms with van der Waals surface area (Å²) in [5.74, 6) is 0. The zero-order valence-corrected chi connectivity index (χ0v) is 19.4. The predicted molar refractivity (Wildman–Crippen MR) is 133 cm³/mol. The molecule has 0 amide bonds. The van der Waals surface area contributed by atoms with Crippen molar-refractivity contribution >= 4 is 0 Å². The van der Waals surface area contributed by atoms with Gasteiger partial charge in [-0.1, -0.05) is 73.5 Å². The highest BCUT2D eigenvalue weighted by Gasteiger charge is 2.24. The summed E-state index contributed by atoms with van der Waals surface area (Å²) in [5, 5.41) is 0. The lowest BCUT2D eigenvalue weighted by atomic mass is 9.95. The van der Waals surface area contributed by atoms with Crippen molar-refractivity contribution in [2.45, 2.75) is 82.7 Å². The Balaban J connectivity index is 1.22. The van der Waals surface area contributed by atoms with Crippen LogP contribution in [0.25, 0.3) is 0 Å². The number of nitrogens with zero attached hydrogens (tertiary/aromatic N) is 2. The molecule has 0 N–H and O–H groups in total. The Morgan fingerprint density at radius 2 is 1.03 bits per heavy atom. The van der Waals surface area contributed by atoms with Crippen LogP contribution < -0.4 is 0 Å². The molecule has 0 spiro atoms. The van der Waals surface area contributed by atoms with Gasteiger partial charge in [0.05, 0.1) is 0 Å². The van der Waals surface area contributed by atoms with Crippen LogP contribution in [0.1, 0.15) is 68.9 Å². The largest absolute Gasteiger partial charge is 0.300 e. The maximum atomic E-state index is 2.83. The molecule has 0 aromatic heterocycles. The standard InChI is InChI=1S/C29H42N2/c1-3-12-26(13-4-1)18-20-28-16-7-9-22-30(28)24-11-25-31-23-10-8-17-29(31)21-19-27-14-5-2-6-15-27/h1-6,12-15,28-29H,7-11,16-25H2. The first-order chi connectivity index (χ1) is 15.4. The summed E-state index contributed by atoms with van der Waals surface area (Å²) >= 11 is 0. The van der Waals surface area contributed by atoms with Crippen molar-refractivity contribution in [3.8, 4) is 0 Å². The fourth-order valence-corrected chi connectivity index (χ4v) is 5.80. The molecule has 2 heteroatoms. The van der Waals surface area contributed by atoms with Crippen LogP contribution in [0.4, 0.5) is 0 Å². The minimum atomic E-state index is 0.796. The normalized spacial score (nSPS) is 23.1. The Hall–Kier alpha value is -1.64. The van der Waals surface area contributed by atoms with Gasteiger partial charge in [-0.25, -0.2) is 0 Å². The second-order valence-electron chi connectivity index (χ2n) is 9.77. The van der Waals surface area contributed by atoms with Crippen molar-refractivity contribution in [3.63, 3.8) is 0 Å². The molecule has 2 saturated heterocycles. The van der Waals surface area contributed by atoms with E-state index >= 15 is 0 Å². The number of piperidine rings is 2. The number of hydrogen-bond acceptors (Lipinski definition) is 2. The summed E-state index contributed by atoms with van der Waals surface area (Å²) in [6, 6.07) is 23.7. The van der Waals surface area contributed by atoms with Crippen LogP contribution in [-0.2, 0) is 12.8 Å². The molecule has 2 unspecified atom stereocenters. The number of benzene rings is 2. The molecule has 2 aromatic carbocycles. The lowest BCUT2D eigenvalue weighted by molar-refractivity contribution is 0.108. The van der Waals surface area contributed by atoms with Crippen molar-refractivity contribution in [3.05, 3.63) is 71.8 Å². The minimum Gasteiger partial charge on any atom is -0.300 e. The second-order valence-corrected chi connectivity index (χ2v) is 9.77. The van der Waals surface area contributed by atoms with Crippen LogP contribution in [0, 0.1) is 0 Å². The zero-order valence-electron chi connectivity index (χ0n) is 19.4. The molecule has 0 aliphatic carbocycles. The fraction of sp³-hybridized carbons (Fsp3) is 0.586. The number of hydrogen-bond donors (Lipinski definition) is 0. The maximum absolute atomic E-state index is 2.83. The van der Waals surface area contributed by atoms with Gasteiger partial charge in [-0.2, -0.15) is 0 Å². The van der Waals surface area contributed by atoms with Crippen molar-refractivity contribution < 1.29 is 0 Å². The third-order valence-corrected chi connectivity index (χ3v) is 7.61. The van der Waals surface area contributed by atoms with Crippen LogP contribution >= 0.6 is 0 Å². The van der Waals surface area contributed by atoms with Crippen LogP contribution in [0.15, 0.2) is 60.7 Å². The topological polar surface area (TPSA) is 6.48 Å². The van der Waals surface area contributed by atoms with Crippen LogP contribution in [-0.4, -0.2) is 48.1 Å². The highest BCUT2D eigenvalue weighted by molar-refractivity contribution is 5.15. The molecule has 4 rings (SSSR count). The first-order valence-corrected chi connectivity index (χ1v) is 12.9. The van der Waals surface area contributed by atoms with E-state index in [9.17, 15) is 0 Å². The fourth-order valence-electron chi connectivity index (χ4n) is 5.80. The van der Waals surface area contributed by atoms with E-state index in [1.54, 1.807) is 0 Å². The highest BCUT2D eigenvalue weighted by atomic mass is 15.2.